The summed E-state index contributed by atoms with van der Waals surface area (Å²) in [7, 11) is 0. The molecule has 0 unspecified atom stereocenters. The Kier molecular flexibility index (Phi) is 4.30. The lowest BCUT2D eigenvalue weighted by Gasteiger charge is -2.25. The maximum atomic E-state index is 11.0. The largest absolute Gasteiger partial charge is 0.502 e. The van der Waals surface area contributed by atoms with E-state index in [0.717, 1.165) is 5.69 Å². The summed E-state index contributed by atoms with van der Waals surface area (Å²) in [5, 5.41) is 31.4. The van der Waals surface area contributed by atoms with Gasteiger partial charge in [0, 0.05) is 18.5 Å². The van der Waals surface area contributed by atoms with E-state index in [4.69, 9.17) is 5.26 Å². The number of rotatable bonds is 5. The molecule has 0 amide bonds. The van der Waals surface area contributed by atoms with Gasteiger partial charge in [-0.25, -0.2) is 9.66 Å². The van der Waals surface area contributed by atoms with E-state index in [9.17, 15) is 15.2 Å². The summed E-state index contributed by atoms with van der Waals surface area (Å²) in [4.78, 5) is 14.4. The van der Waals surface area contributed by atoms with Crippen LogP contribution in [0, 0.1) is 21.4 Å². The van der Waals surface area contributed by atoms with E-state index >= 15 is 0 Å². The van der Waals surface area contributed by atoms with Crippen molar-refractivity contribution in [3.05, 3.63) is 82.4 Å². The van der Waals surface area contributed by atoms with Crippen molar-refractivity contribution in [3.63, 3.8) is 0 Å². The van der Waals surface area contributed by atoms with Crippen molar-refractivity contribution < 1.29 is 10.0 Å². The van der Waals surface area contributed by atoms with Gasteiger partial charge in [-0.05, 0) is 35.9 Å². The van der Waals surface area contributed by atoms with Gasteiger partial charge in [0.2, 0.25) is 0 Å². The molecule has 3 aromatic rings. The SMILES string of the molecule is N#Cc1ccc(N(Cc2ccc(O)c([N+](=O)[O-])c2)n2ccnc2)cc1. The molecule has 0 saturated carbocycles. The Balaban J connectivity index is 1.97. The van der Waals surface area contributed by atoms with E-state index in [0.29, 0.717) is 17.7 Å². The van der Waals surface area contributed by atoms with Gasteiger partial charge in [0.15, 0.2) is 5.75 Å². The lowest BCUT2D eigenvalue weighted by Crippen LogP contribution is -2.27. The van der Waals surface area contributed by atoms with Crippen LogP contribution in [0.3, 0.4) is 0 Å². The van der Waals surface area contributed by atoms with Crippen molar-refractivity contribution in [2.75, 3.05) is 5.01 Å². The number of nitriles is 1. The summed E-state index contributed by atoms with van der Waals surface area (Å²) in [5.41, 5.74) is 1.62. The second-order valence-electron chi connectivity index (χ2n) is 5.24. The molecular formula is C17H13N5O3. The Labute approximate surface area is 142 Å². The highest BCUT2D eigenvalue weighted by atomic mass is 16.6. The van der Waals surface area contributed by atoms with Gasteiger partial charge in [-0.3, -0.25) is 15.1 Å². The van der Waals surface area contributed by atoms with E-state index in [-0.39, 0.29) is 11.4 Å². The van der Waals surface area contributed by atoms with Crippen molar-refractivity contribution in [1.29, 1.82) is 5.26 Å². The van der Waals surface area contributed by atoms with Crippen LogP contribution in [0.25, 0.3) is 0 Å². The molecule has 1 heterocycles. The van der Waals surface area contributed by atoms with Crippen molar-refractivity contribution in [3.8, 4) is 11.8 Å². The maximum Gasteiger partial charge on any atom is 0.311 e. The topological polar surface area (TPSA) is 108 Å². The number of nitrogens with zero attached hydrogens (tertiary/aromatic N) is 5. The summed E-state index contributed by atoms with van der Waals surface area (Å²) >= 11 is 0. The molecule has 25 heavy (non-hydrogen) atoms. The van der Waals surface area contributed by atoms with Crippen molar-refractivity contribution in [2.45, 2.75) is 6.54 Å². The Morgan fingerprint density at radius 2 is 2.04 bits per heavy atom. The molecule has 1 aromatic heterocycles. The predicted octanol–water partition coefficient (Wildman–Crippen LogP) is 2.84. The molecule has 0 atom stereocenters. The molecule has 0 radical (unpaired) electrons. The molecule has 8 heteroatoms. The number of nitro groups is 1. The van der Waals surface area contributed by atoms with Gasteiger partial charge in [-0.2, -0.15) is 5.26 Å². The van der Waals surface area contributed by atoms with Crippen LogP contribution in [0.4, 0.5) is 11.4 Å². The molecule has 0 aliphatic carbocycles. The number of aromatic hydroxyl groups is 1. The summed E-state index contributed by atoms with van der Waals surface area (Å²) in [5.74, 6) is -0.374. The first-order chi connectivity index (χ1) is 12.1. The number of hydrogen-bond donors (Lipinski definition) is 1. The first-order valence-corrected chi connectivity index (χ1v) is 7.30. The molecule has 3 rings (SSSR count). The highest BCUT2D eigenvalue weighted by Crippen LogP contribution is 2.28. The van der Waals surface area contributed by atoms with Crippen LogP contribution in [0.5, 0.6) is 5.75 Å². The van der Waals surface area contributed by atoms with E-state index in [1.807, 2.05) is 5.01 Å². The average molecular weight is 335 g/mol. The molecule has 0 aliphatic rings. The zero-order valence-electron chi connectivity index (χ0n) is 13.0. The van der Waals surface area contributed by atoms with Crippen molar-refractivity contribution in [2.24, 2.45) is 0 Å². The summed E-state index contributed by atoms with van der Waals surface area (Å²) in [6.07, 6.45) is 4.97. The lowest BCUT2D eigenvalue weighted by molar-refractivity contribution is -0.385. The minimum atomic E-state index is -0.623. The minimum Gasteiger partial charge on any atom is -0.502 e. The zero-order valence-corrected chi connectivity index (χ0v) is 13.0. The van der Waals surface area contributed by atoms with Crippen molar-refractivity contribution in [1.82, 2.24) is 9.66 Å². The number of hydrogen-bond acceptors (Lipinski definition) is 6. The van der Waals surface area contributed by atoms with E-state index in [2.05, 4.69) is 11.1 Å². The van der Waals surface area contributed by atoms with Gasteiger partial charge in [0.1, 0.15) is 6.33 Å². The molecule has 0 bridgehead atoms. The average Bonchev–Trinajstić information content (AvgIpc) is 3.15. The molecule has 1 N–H and O–H groups in total. The van der Waals surface area contributed by atoms with Gasteiger partial charge in [-0.1, -0.05) is 6.07 Å². The fourth-order valence-electron chi connectivity index (χ4n) is 2.40. The van der Waals surface area contributed by atoms with Crippen LogP contribution >= 0.6 is 0 Å². The monoisotopic (exact) mass is 335 g/mol. The maximum absolute atomic E-state index is 11.0. The minimum absolute atomic E-state index is 0.309. The van der Waals surface area contributed by atoms with Crippen LogP contribution in [0.2, 0.25) is 0 Å². The molecule has 0 aliphatic heterocycles. The number of aromatic nitrogens is 2. The van der Waals surface area contributed by atoms with Crippen LogP contribution in [0.15, 0.2) is 61.2 Å². The molecule has 0 spiro atoms. The van der Waals surface area contributed by atoms with Gasteiger partial charge in [-0.15, -0.1) is 0 Å². The van der Waals surface area contributed by atoms with Crippen LogP contribution < -0.4 is 5.01 Å². The Morgan fingerprint density at radius 1 is 1.28 bits per heavy atom. The molecule has 8 nitrogen and oxygen atoms in total. The molecule has 124 valence electrons. The number of phenolic OH excluding ortho intramolecular Hbond substituents is 1. The quantitative estimate of drug-likeness (QED) is 0.567. The Hall–Kier alpha value is -3.86. The third kappa shape index (κ3) is 3.40. The fraction of sp³-hybridized carbons (Fsp3) is 0.0588. The third-order valence-electron chi connectivity index (χ3n) is 3.63. The Morgan fingerprint density at radius 3 is 2.64 bits per heavy atom. The van der Waals surface area contributed by atoms with E-state index < -0.39 is 4.92 Å². The van der Waals surface area contributed by atoms with Crippen LogP contribution in [-0.4, -0.2) is 19.7 Å². The van der Waals surface area contributed by atoms with E-state index in [1.165, 1.54) is 12.1 Å². The molecular weight excluding hydrogens is 322 g/mol. The summed E-state index contributed by atoms with van der Waals surface area (Å²) in [6.45, 7) is 0.309. The number of benzene rings is 2. The fourth-order valence-corrected chi connectivity index (χ4v) is 2.40. The summed E-state index contributed by atoms with van der Waals surface area (Å²) < 4.78 is 1.74. The van der Waals surface area contributed by atoms with Crippen LogP contribution in [-0.2, 0) is 6.54 Å². The summed E-state index contributed by atoms with van der Waals surface area (Å²) in [6, 6.07) is 13.3. The standard InChI is InChI=1S/C17H13N5O3/c18-10-13-1-4-15(5-2-13)21(20-8-7-19-12-20)11-14-3-6-17(23)16(9-14)22(24)25/h1-9,12,23H,11H2. The first-order valence-electron chi connectivity index (χ1n) is 7.30. The number of anilines is 1. The lowest BCUT2D eigenvalue weighted by atomic mass is 10.1. The number of nitro benzene ring substituents is 1. The van der Waals surface area contributed by atoms with Crippen molar-refractivity contribution >= 4 is 11.4 Å². The zero-order chi connectivity index (χ0) is 17.8. The first kappa shape index (κ1) is 16.0. The van der Waals surface area contributed by atoms with Gasteiger partial charge < -0.3 is 5.11 Å². The van der Waals surface area contributed by atoms with Gasteiger partial charge >= 0.3 is 5.69 Å². The molecule has 2 aromatic carbocycles. The highest BCUT2D eigenvalue weighted by Gasteiger charge is 2.16. The molecule has 0 fully saturated rings. The smallest absolute Gasteiger partial charge is 0.311 e. The number of imidazole rings is 1. The van der Waals surface area contributed by atoms with Gasteiger partial charge in [0.05, 0.1) is 28.8 Å². The molecule has 0 saturated heterocycles. The van der Waals surface area contributed by atoms with E-state index in [1.54, 1.807) is 53.7 Å². The normalized spacial score (nSPS) is 10.2. The van der Waals surface area contributed by atoms with Gasteiger partial charge in [0.25, 0.3) is 0 Å². The highest BCUT2D eigenvalue weighted by molar-refractivity contribution is 5.52. The van der Waals surface area contributed by atoms with Crippen LogP contribution in [0.1, 0.15) is 11.1 Å². The Bertz CT molecular complexity index is 930. The second-order valence-corrected chi connectivity index (χ2v) is 5.24. The number of phenols is 1. The predicted molar refractivity (Wildman–Crippen MR) is 89.7 cm³/mol. The second kappa shape index (κ2) is 6.72. The third-order valence-corrected chi connectivity index (χ3v) is 3.63.